The van der Waals surface area contributed by atoms with Gasteiger partial charge in [-0.2, -0.15) is 5.26 Å². The maximum absolute atomic E-state index is 12.2. The average Bonchev–Trinajstić information content (AvgIpc) is 1.12. The number of H-pyrrole nitrogens is 1. The molecular weight excluding hydrogens is 1590 g/mol. The van der Waals surface area contributed by atoms with Crippen molar-refractivity contribution in [3.63, 3.8) is 0 Å². The van der Waals surface area contributed by atoms with Crippen molar-refractivity contribution in [3.05, 3.63) is 253 Å². The molecule has 4 aromatic heterocycles. The van der Waals surface area contributed by atoms with Gasteiger partial charge in [0, 0.05) is 201 Å². The molecule has 0 bridgehead atoms. The molecule has 10 aromatic rings. The van der Waals surface area contributed by atoms with Crippen molar-refractivity contribution < 1.29 is 33.2 Å². The van der Waals surface area contributed by atoms with Gasteiger partial charge >= 0.3 is 5.97 Å². The summed E-state index contributed by atoms with van der Waals surface area (Å²) in [6, 6.07) is 51.8. The van der Waals surface area contributed by atoms with Crippen LogP contribution in [0.3, 0.4) is 0 Å². The highest BCUT2D eigenvalue weighted by Gasteiger charge is 2.34. The molecule has 122 heavy (non-hydrogen) atoms. The predicted molar refractivity (Wildman–Crippen MR) is 498 cm³/mol. The van der Waals surface area contributed by atoms with Gasteiger partial charge in [0.1, 0.15) is 51.8 Å². The zero-order chi connectivity index (χ0) is 84.8. The van der Waals surface area contributed by atoms with Crippen molar-refractivity contribution in [2.24, 2.45) is 32.0 Å². The van der Waals surface area contributed by atoms with E-state index in [0.29, 0.717) is 79.9 Å². The molecule has 1 amide bonds. The molecule has 0 saturated carbocycles. The second-order valence-electron chi connectivity index (χ2n) is 35.6. The number of halogens is 3. The maximum Gasteiger partial charge on any atom is 0.339 e. The van der Waals surface area contributed by atoms with E-state index >= 15 is 0 Å². The summed E-state index contributed by atoms with van der Waals surface area (Å²) in [5.74, 6) is 2.89. The van der Waals surface area contributed by atoms with Crippen LogP contribution in [0.1, 0.15) is 158 Å². The van der Waals surface area contributed by atoms with Crippen LogP contribution in [0.15, 0.2) is 203 Å². The van der Waals surface area contributed by atoms with Gasteiger partial charge in [0.2, 0.25) is 0 Å². The summed E-state index contributed by atoms with van der Waals surface area (Å²) in [6.07, 6.45) is 22.1. The number of carboxylic acid groups (broad SMARTS) is 1. The molecule has 634 valence electrons. The van der Waals surface area contributed by atoms with Gasteiger partial charge < -0.3 is 44.7 Å². The molecule has 3 aliphatic carbocycles. The second kappa shape index (κ2) is 36.9. The molecule has 4 N–H and O–H groups in total. The van der Waals surface area contributed by atoms with Gasteiger partial charge in [0.05, 0.1) is 29.7 Å². The number of carboxylic acids is 1. The van der Waals surface area contributed by atoms with Crippen LogP contribution in [-0.4, -0.2) is 162 Å². The average molecular weight is 1700 g/mol. The van der Waals surface area contributed by atoms with E-state index in [1.165, 1.54) is 58.2 Å². The first-order valence-corrected chi connectivity index (χ1v) is 43.7. The number of anilines is 3. The van der Waals surface area contributed by atoms with Gasteiger partial charge in [-0.1, -0.05) is 129 Å². The van der Waals surface area contributed by atoms with E-state index in [0.717, 1.165) is 197 Å². The molecule has 18 rings (SSSR count). The maximum atomic E-state index is 12.2. The lowest BCUT2D eigenvalue weighted by Gasteiger charge is -2.39. The summed E-state index contributed by atoms with van der Waals surface area (Å²) < 4.78 is 18.4. The molecule has 6 aromatic carbocycles. The van der Waals surface area contributed by atoms with Crippen molar-refractivity contribution in [1.29, 1.82) is 5.26 Å². The van der Waals surface area contributed by atoms with Crippen LogP contribution >= 0.6 is 34.8 Å². The number of carbonyl (C=O) groups excluding carboxylic acids is 1. The second-order valence-corrected chi connectivity index (χ2v) is 36.9. The number of piperazine rings is 3. The summed E-state index contributed by atoms with van der Waals surface area (Å²) in [6.45, 7) is 28.3. The van der Waals surface area contributed by atoms with Crippen molar-refractivity contribution in [2.45, 2.75) is 112 Å². The van der Waals surface area contributed by atoms with Gasteiger partial charge in [0.15, 0.2) is 11.6 Å². The number of aromatic carboxylic acids is 1. The molecule has 8 aliphatic rings. The Balaban J connectivity index is 0.000000159. The lowest BCUT2D eigenvalue weighted by Crippen LogP contribution is -2.47. The Hall–Kier alpha value is -11.2. The number of carbonyl (C=O) groups is 2. The Morgan fingerprint density at radius 2 is 0.844 bits per heavy atom. The minimum atomic E-state index is -1.02. The summed E-state index contributed by atoms with van der Waals surface area (Å²) in [5, 5.41) is 22.8. The number of benzene rings is 6. The van der Waals surface area contributed by atoms with Gasteiger partial charge in [-0.3, -0.25) is 19.5 Å². The number of hydrogen-bond acceptors (Lipinski definition) is 17. The molecule has 3 fully saturated rings. The molecule has 0 atom stereocenters. The number of pyridine rings is 3. The summed E-state index contributed by atoms with van der Waals surface area (Å²) in [7, 11) is 0. The first-order chi connectivity index (χ1) is 58.8. The molecule has 23 heteroatoms. The molecule has 0 radical (unpaired) electrons. The first kappa shape index (κ1) is 84.5. The SMILES string of the molecule is CC1(C)CCC(CN2CCN(c3ccc(C#N)c(Oc4cnc5[nH]ccc5c4)c3)CC2)=C(c2ccc(Cl)cc2)C1.CC1(C)CCC(CN2CCN(c3ccc(C(=O)O)c(Oc4cnc5c(c4)CC=N5)c3)CC2)=C(c2ccc(Cl)cc2)C1.CC1(C)CCC(CN2CCN(c3ccc(C(N)=O)c(Oc4cnc5c(c4)CC=N5)c3)CC2)=C(c2ccc(Cl)cc2)C1.[HH].[HH].[HH]. The third kappa shape index (κ3) is 20.6. The van der Waals surface area contributed by atoms with Crippen molar-refractivity contribution >= 4 is 116 Å². The number of rotatable bonds is 20. The molecule has 3 saturated heterocycles. The minimum absolute atomic E-state index is 0. The van der Waals surface area contributed by atoms with Gasteiger partial charge in [-0.15, -0.1) is 0 Å². The van der Waals surface area contributed by atoms with Crippen molar-refractivity contribution in [1.82, 2.24) is 34.6 Å². The number of aromatic nitrogens is 4. The quantitative estimate of drug-likeness (QED) is 0.0644. The highest BCUT2D eigenvalue weighted by atomic mass is 35.5. The number of primary amides is 1. The molecule has 5 aliphatic heterocycles. The van der Waals surface area contributed by atoms with Gasteiger partial charge in [0.25, 0.3) is 5.91 Å². The lowest BCUT2D eigenvalue weighted by molar-refractivity contribution is 0.0693. The topological polar surface area (TPSA) is 230 Å². The van der Waals surface area contributed by atoms with E-state index in [4.69, 9.17) is 54.7 Å². The predicted octanol–water partition coefficient (Wildman–Crippen LogP) is 22.3. The van der Waals surface area contributed by atoms with E-state index in [1.807, 2.05) is 122 Å². The van der Waals surface area contributed by atoms with Crippen molar-refractivity contribution in [3.8, 4) is 40.6 Å². The Labute approximate surface area is 734 Å². The Kier molecular flexibility index (Phi) is 25.5. The summed E-state index contributed by atoms with van der Waals surface area (Å²) >= 11 is 18.6. The fourth-order valence-electron chi connectivity index (χ4n) is 18.0. The highest BCUT2D eigenvalue weighted by Crippen LogP contribution is 2.48. The molecule has 20 nitrogen and oxygen atoms in total. The van der Waals surface area contributed by atoms with Gasteiger partial charge in [-0.05, 0) is 205 Å². The fraction of sp³-hybridized carbons (Fsp3) is 0.354. The number of hydrogen-bond donors (Lipinski definition) is 3. The monoisotopic (exact) mass is 1700 g/mol. The number of nitrogens with two attached hydrogens (primary N) is 1. The number of ether oxygens (including phenoxy) is 3. The number of aliphatic imine (C=N–C) groups is 2. The van der Waals surface area contributed by atoms with Crippen LogP contribution in [0.5, 0.6) is 34.5 Å². The largest absolute Gasteiger partial charge is 0.478 e. The van der Waals surface area contributed by atoms with E-state index < -0.39 is 11.9 Å². The third-order valence-electron chi connectivity index (χ3n) is 25.0. The molecule has 9 heterocycles. The first-order valence-electron chi connectivity index (χ1n) is 42.5. The Bertz CT molecular complexity index is 5540. The highest BCUT2D eigenvalue weighted by molar-refractivity contribution is 6.31. The summed E-state index contributed by atoms with van der Waals surface area (Å²) in [4.78, 5) is 63.6. The smallest absolute Gasteiger partial charge is 0.339 e. The van der Waals surface area contributed by atoms with Crippen molar-refractivity contribution in [2.75, 3.05) is 113 Å². The lowest BCUT2D eigenvalue weighted by atomic mass is 9.72. The van der Waals surface area contributed by atoms with E-state index in [-0.39, 0.29) is 9.84 Å². The van der Waals surface area contributed by atoms with Gasteiger partial charge in [-0.25, -0.2) is 29.7 Å². The third-order valence-corrected chi connectivity index (χ3v) is 25.8. The summed E-state index contributed by atoms with van der Waals surface area (Å²) in [5.41, 5.74) is 26.4. The molecule has 0 spiro atoms. The Morgan fingerprint density at radius 3 is 1.25 bits per heavy atom. The fourth-order valence-corrected chi connectivity index (χ4v) is 18.3. The number of fused-ring (bicyclic) bond motifs is 3. The number of nitrogens with zero attached hydrogens (tertiary/aromatic N) is 12. The van der Waals surface area contributed by atoms with Crippen LogP contribution in [0.4, 0.5) is 28.7 Å². The van der Waals surface area contributed by atoms with Crippen LogP contribution in [0.25, 0.3) is 27.8 Å². The van der Waals surface area contributed by atoms with E-state index in [1.54, 1.807) is 41.9 Å². The Morgan fingerprint density at radius 1 is 0.475 bits per heavy atom. The van der Waals surface area contributed by atoms with Crippen LogP contribution < -0.4 is 34.6 Å². The number of allylic oxidation sites excluding steroid dienone is 3. The normalized spacial score (nSPS) is 18.2. The standard InChI is InChI=1S/C33H36ClN5O2.C33H34ClN5O.C33H35ClN4O3.3H2/c1-33(2)11-9-24(29(19-33)22-3-5-25(34)6-4-22)21-38-13-15-39(16-14-38)26-7-8-28(31(35)40)30(18-26)41-27-17-23-10-12-36-32(23)37-20-27;1-33(2)11-9-26(30(19-33)23-3-6-27(34)7-4-23)22-38-13-15-39(16-14-38)28-8-5-25(20-35)31(18-28)40-29-17-24-10-12-36-32(24)37-21-29;1-33(2)11-9-24(29(19-33)22-3-5-25(34)6-4-22)21-37-13-15-38(16-14-37)26-7-8-28(32(39)40)30(18-26)41-27-17-23-10-12-35-31(23)36-20-27;;;/h3-8,12,17-18,20H,9-11,13-16,19,21H2,1-2H3,(H2,35,40);3-8,10,12,17-18,21H,9,11,13-16,19,22H2,1-2H3,(H,36,37);3-8,12,17-18,20H,9-11,13-16,19,21H2,1-2H3,(H,39,40);3*1H. The zero-order valence-electron chi connectivity index (χ0n) is 70.3. The zero-order valence-corrected chi connectivity index (χ0v) is 72.6. The van der Waals surface area contributed by atoms with E-state index in [2.05, 4.69) is 143 Å². The van der Waals surface area contributed by atoms with Crippen LogP contribution in [0.2, 0.25) is 15.1 Å². The number of aromatic amines is 1. The van der Waals surface area contributed by atoms with Crippen LogP contribution in [-0.2, 0) is 12.8 Å². The number of nitrogens with one attached hydrogen (secondary N) is 1. The number of nitriles is 1. The minimum Gasteiger partial charge on any atom is -0.478 e. The van der Waals surface area contributed by atoms with Crippen LogP contribution in [0, 0.1) is 27.6 Å². The molecule has 0 unspecified atom stereocenters. The molecular formula is C99H111Cl3N14O6. The number of amides is 1. The van der Waals surface area contributed by atoms with E-state index in [9.17, 15) is 20.0 Å².